The third kappa shape index (κ3) is 69.3. The van der Waals surface area contributed by atoms with E-state index in [4.69, 9.17) is 18.5 Å². The monoisotopic (exact) mass is 1220 g/mol. The number of phosphoric acid groups is 1. The van der Waals surface area contributed by atoms with E-state index in [0.717, 1.165) is 122 Å². The minimum Gasteiger partial charge on any atom is -0.462 e. The quantitative estimate of drug-likeness (QED) is 0.0211. The molecule has 0 aromatic carbocycles. The highest BCUT2D eigenvalue weighted by molar-refractivity contribution is 7.47. The number of quaternary nitrogens is 1. The Morgan fingerprint density at radius 3 is 0.988 bits per heavy atom. The first kappa shape index (κ1) is 82.1. The van der Waals surface area contributed by atoms with Crippen molar-refractivity contribution in [2.45, 2.75) is 290 Å². The molecule has 86 heavy (non-hydrogen) atoms. The second-order valence-corrected chi connectivity index (χ2v) is 25.6. The number of carbonyl (C=O) groups excluding carboxylic acids is 2. The maximum Gasteiger partial charge on any atom is 0.472 e. The minimum absolute atomic E-state index is 0.0223. The highest BCUT2D eigenvalue weighted by atomic mass is 31.2. The van der Waals surface area contributed by atoms with Gasteiger partial charge in [0.2, 0.25) is 0 Å². The number of esters is 2. The van der Waals surface area contributed by atoms with Gasteiger partial charge >= 0.3 is 19.8 Å². The van der Waals surface area contributed by atoms with Gasteiger partial charge in [-0.2, -0.15) is 0 Å². The topological polar surface area (TPSA) is 108 Å². The Morgan fingerprint density at radius 1 is 0.372 bits per heavy atom. The third-order valence-electron chi connectivity index (χ3n) is 14.7. The van der Waals surface area contributed by atoms with Crippen LogP contribution in [0.4, 0.5) is 0 Å². The third-order valence-corrected chi connectivity index (χ3v) is 15.6. The fourth-order valence-electron chi connectivity index (χ4n) is 9.33. The van der Waals surface area contributed by atoms with E-state index in [-0.39, 0.29) is 32.0 Å². The van der Waals surface area contributed by atoms with E-state index in [2.05, 4.69) is 148 Å². The van der Waals surface area contributed by atoms with Crippen LogP contribution in [0, 0.1) is 0 Å². The number of rotatable bonds is 63. The maximum atomic E-state index is 12.9. The van der Waals surface area contributed by atoms with Crippen LogP contribution in [0.2, 0.25) is 0 Å². The lowest BCUT2D eigenvalue weighted by Crippen LogP contribution is -2.37. The van der Waals surface area contributed by atoms with Crippen molar-refractivity contribution in [1.29, 1.82) is 0 Å². The molecule has 0 rings (SSSR count). The van der Waals surface area contributed by atoms with Crippen molar-refractivity contribution in [1.82, 2.24) is 0 Å². The van der Waals surface area contributed by atoms with Crippen LogP contribution in [-0.2, 0) is 32.7 Å². The Bertz CT molecular complexity index is 1910. The van der Waals surface area contributed by atoms with Crippen molar-refractivity contribution in [3.63, 3.8) is 0 Å². The van der Waals surface area contributed by atoms with E-state index in [1.807, 2.05) is 21.1 Å². The molecule has 1 N–H and O–H groups in total. The predicted molar refractivity (Wildman–Crippen MR) is 371 cm³/mol. The molecule has 0 aliphatic rings. The number of unbranched alkanes of at least 4 members (excludes halogenated alkanes) is 27. The summed E-state index contributed by atoms with van der Waals surface area (Å²) in [5.41, 5.74) is 0. The van der Waals surface area contributed by atoms with Crippen LogP contribution < -0.4 is 0 Å². The maximum absolute atomic E-state index is 12.9. The lowest BCUT2D eigenvalue weighted by Gasteiger charge is -2.24. The van der Waals surface area contributed by atoms with Gasteiger partial charge in [0.1, 0.15) is 19.8 Å². The zero-order valence-corrected chi connectivity index (χ0v) is 56.9. The number of carbonyl (C=O) groups is 2. The molecule has 0 aliphatic heterocycles. The number of phosphoric ester groups is 1. The molecule has 10 heteroatoms. The lowest BCUT2D eigenvalue weighted by atomic mass is 10.0. The van der Waals surface area contributed by atoms with E-state index in [9.17, 15) is 19.0 Å². The van der Waals surface area contributed by atoms with Gasteiger partial charge in [-0.3, -0.25) is 18.6 Å². The Balaban J connectivity index is 4.13. The van der Waals surface area contributed by atoms with E-state index >= 15 is 0 Å². The highest BCUT2D eigenvalue weighted by Gasteiger charge is 2.27. The first-order chi connectivity index (χ1) is 42.0. The molecule has 0 heterocycles. The van der Waals surface area contributed by atoms with Gasteiger partial charge in [0, 0.05) is 12.8 Å². The molecular weight excluding hydrogens is 1090 g/mol. The molecule has 0 amide bonds. The number of hydrogen-bond acceptors (Lipinski definition) is 7. The second kappa shape index (κ2) is 65.6. The molecule has 492 valence electrons. The van der Waals surface area contributed by atoms with Crippen LogP contribution >= 0.6 is 7.82 Å². The van der Waals surface area contributed by atoms with Gasteiger partial charge in [0.25, 0.3) is 0 Å². The molecule has 0 aromatic heterocycles. The molecule has 0 aliphatic carbocycles. The second-order valence-electron chi connectivity index (χ2n) is 24.2. The Hall–Kier alpha value is -3.85. The van der Waals surface area contributed by atoms with Crippen molar-refractivity contribution < 1.29 is 42.1 Å². The Labute approximate surface area is 530 Å². The van der Waals surface area contributed by atoms with Crippen LogP contribution in [0.25, 0.3) is 0 Å². The molecule has 2 unspecified atom stereocenters. The van der Waals surface area contributed by atoms with Crippen LogP contribution in [0.1, 0.15) is 284 Å². The van der Waals surface area contributed by atoms with Crippen molar-refractivity contribution in [2.75, 3.05) is 47.5 Å². The highest BCUT2D eigenvalue weighted by Crippen LogP contribution is 2.43. The van der Waals surface area contributed by atoms with Crippen LogP contribution in [0.3, 0.4) is 0 Å². The van der Waals surface area contributed by atoms with Crippen molar-refractivity contribution in [3.8, 4) is 0 Å². The van der Waals surface area contributed by atoms with E-state index < -0.39 is 26.5 Å². The minimum atomic E-state index is -4.41. The Kier molecular flexibility index (Phi) is 62.7. The van der Waals surface area contributed by atoms with Crippen molar-refractivity contribution >= 4 is 19.8 Å². The number of likely N-dealkylation sites (N-methyl/N-ethyl adjacent to an activating group) is 1. The fraction of sp³-hybridized carbons (Fsp3) is 0.684. The van der Waals surface area contributed by atoms with Gasteiger partial charge < -0.3 is 18.9 Å². The molecule has 9 nitrogen and oxygen atoms in total. The summed E-state index contributed by atoms with van der Waals surface area (Å²) in [6.45, 7) is 4.30. The average Bonchev–Trinajstić information content (AvgIpc) is 3.56. The van der Waals surface area contributed by atoms with E-state index in [1.54, 1.807) is 0 Å². The lowest BCUT2D eigenvalue weighted by molar-refractivity contribution is -0.870. The molecular formula is C76H131NO8P+. The molecule has 0 aromatic rings. The largest absolute Gasteiger partial charge is 0.472 e. The predicted octanol–water partition coefficient (Wildman–Crippen LogP) is 22.8. The summed E-state index contributed by atoms with van der Waals surface area (Å²) < 4.78 is 34.7. The summed E-state index contributed by atoms with van der Waals surface area (Å²) in [6.07, 6.45) is 95.5. The van der Waals surface area contributed by atoms with Crippen LogP contribution in [-0.4, -0.2) is 74.9 Å². The summed E-state index contributed by atoms with van der Waals surface area (Å²) in [4.78, 5) is 35.9. The van der Waals surface area contributed by atoms with Crippen molar-refractivity contribution in [2.24, 2.45) is 0 Å². The van der Waals surface area contributed by atoms with Gasteiger partial charge in [0.15, 0.2) is 6.10 Å². The van der Waals surface area contributed by atoms with Crippen LogP contribution in [0.5, 0.6) is 0 Å². The molecule has 0 saturated carbocycles. The first-order valence-corrected chi connectivity index (χ1v) is 36.4. The number of hydrogen-bond donors (Lipinski definition) is 1. The number of allylic oxidation sites excluding steroid dienone is 22. The van der Waals surface area contributed by atoms with E-state index in [1.165, 1.54) is 128 Å². The molecule has 0 spiro atoms. The summed E-state index contributed by atoms with van der Waals surface area (Å²) >= 11 is 0. The SMILES string of the molecule is CC/C=C\C/C=C\C/C=C\C/C=C\C/C=C\C/C=C\C/C=C\C/C=C\CCCCCCCCC(=O)OC(COC(=O)CCCCCCCCCCCCCCCCCC/C=C\C/C=C\C/C=C\CCCCCCC)COP(=O)(O)OCC[N+](C)(C)C. The molecule has 0 radical (unpaired) electrons. The molecule has 0 saturated heterocycles. The average molecular weight is 1220 g/mol. The summed E-state index contributed by atoms with van der Waals surface area (Å²) in [6, 6.07) is 0. The van der Waals surface area contributed by atoms with Gasteiger partial charge in [-0.05, 0) is 116 Å². The molecule has 2 atom stereocenters. The van der Waals surface area contributed by atoms with E-state index in [0.29, 0.717) is 17.4 Å². The van der Waals surface area contributed by atoms with Gasteiger partial charge in [0.05, 0.1) is 27.7 Å². The zero-order valence-electron chi connectivity index (χ0n) is 56.0. The van der Waals surface area contributed by atoms with Gasteiger partial charge in [-0.25, -0.2) is 4.57 Å². The molecule has 0 fully saturated rings. The smallest absolute Gasteiger partial charge is 0.462 e. The van der Waals surface area contributed by atoms with Crippen molar-refractivity contribution in [3.05, 3.63) is 134 Å². The molecule has 0 bridgehead atoms. The first-order valence-electron chi connectivity index (χ1n) is 34.9. The summed E-state index contributed by atoms with van der Waals surface area (Å²) in [5, 5.41) is 0. The van der Waals surface area contributed by atoms with Crippen LogP contribution in [0.15, 0.2) is 134 Å². The summed E-state index contributed by atoms with van der Waals surface area (Å²) in [7, 11) is 1.45. The zero-order chi connectivity index (χ0) is 62.6. The Morgan fingerprint density at radius 2 is 0.663 bits per heavy atom. The standard InChI is InChI=1S/C76H130NO8P/c1-6-8-10-12-14-16-18-20-22-24-26-28-30-32-34-36-38-40-42-44-46-48-50-52-54-56-58-60-62-64-66-68-75(78)82-72-74(73-84-86(80,81)83-71-70-77(3,4)5)85-76(79)69-67-65-63-61-59-57-55-53-51-49-47-45-43-41-39-37-35-33-31-29-27-25-23-21-19-17-15-13-11-9-7-2/h9,11,15,17-18,20-21,23-24,26-27,29-30,32-33,35,39,41,45,47,51,53,74H,6-8,10,12-14,16,19,22,25,28,31,34,36-38,40,42-44,46,48-50,52,54-73H2,1-5H3/p+1/b11-9-,17-15-,20-18-,23-21-,26-24-,29-27-,32-30-,35-33-,41-39-,47-45-,53-51-. The van der Waals surface area contributed by atoms with Gasteiger partial charge in [-0.1, -0.05) is 289 Å². The number of nitrogens with zero attached hydrogens (tertiary/aromatic N) is 1. The number of ether oxygens (including phenoxy) is 2. The fourth-order valence-corrected chi connectivity index (χ4v) is 10.1. The summed E-state index contributed by atoms with van der Waals surface area (Å²) in [5.74, 6) is -0.816. The van der Waals surface area contributed by atoms with Gasteiger partial charge in [-0.15, -0.1) is 0 Å². The normalized spacial score (nSPS) is 14.0.